The van der Waals surface area contributed by atoms with E-state index in [0.717, 1.165) is 78.2 Å². The fourth-order valence-electron chi connectivity index (χ4n) is 9.78. The zero-order chi connectivity index (χ0) is 90.9. The molecule has 0 N–H and O–H groups in total. The van der Waals surface area contributed by atoms with Crippen LogP contribution in [0.3, 0.4) is 0 Å². The van der Waals surface area contributed by atoms with Gasteiger partial charge in [-0.05, 0) is 324 Å². The highest BCUT2D eigenvalue weighted by molar-refractivity contribution is 6.42. The van der Waals surface area contributed by atoms with Crippen molar-refractivity contribution in [3.63, 3.8) is 0 Å². The van der Waals surface area contributed by atoms with Crippen LogP contribution in [0.2, 0.25) is 30.1 Å². The number of nitriles is 1. The first-order valence-corrected chi connectivity index (χ1v) is 41.6. The number of aryl methyl sites for hydroxylation is 24. The van der Waals surface area contributed by atoms with Gasteiger partial charge in [-0.25, -0.2) is 4.39 Å². The van der Waals surface area contributed by atoms with Crippen molar-refractivity contribution in [1.29, 1.82) is 5.26 Å². The fourth-order valence-corrected chi connectivity index (χ4v) is 10.8. The lowest BCUT2D eigenvalue weighted by Gasteiger charge is -2.08. The van der Waals surface area contributed by atoms with Crippen LogP contribution >= 0.6 is 69.6 Å². The molecule has 0 aliphatic heterocycles. The van der Waals surface area contributed by atoms with Gasteiger partial charge < -0.3 is 9.47 Å². The van der Waals surface area contributed by atoms with E-state index in [9.17, 15) is 17.6 Å². The second-order valence-electron chi connectivity index (χ2n) is 29.6. The lowest BCUT2D eigenvalue weighted by Crippen LogP contribution is -2.05. The van der Waals surface area contributed by atoms with E-state index in [0.29, 0.717) is 21.2 Å². The zero-order valence-corrected chi connectivity index (χ0v) is 79.6. The number of hydrogen-bond donors (Lipinski definition) is 0. The molecule has 0 aromatic heterocycles. The molecule has 13 aromatic carbocycles. The number of methoxy groups -OCH3 is 1. The summed E-state index contributed by atoms with van der Waals surface area (Å²) in [6.07, 6.45) is -4.36. The lowest BCUT2D eigenvalue weighted by atomic mass is 10.1. The Balaban J connectivity index is 0.000000651. The van der Waals surface area contributed by atoms with Crippen molar-refractivity contribution in [3.8, 4) is 17.6 Å². The maximum atomic E-state index is 12.6. The first kappa shape index (κ1) is 108. The Hall–Kier alpha value is -9.59. The lowest BCUT2D eigenvalue weighted by molar-refractivity contribution is -0.137. The molecule has 120 heavy (non-hydrogen) atoms. The maximum Gasteiger partial charge on any atom is 0.417 e. The SMILES string of the molecule is CCOc1cc(C)ccc1C.COc1cc(C)ccc1C.Cc1ccc(C)c(C#N)c1.Cc1ccc(C)c(C)c1.Cc1ccc(C)c(Cl)c1.Cc1ccc(C)c(F)c1.Cc1ccc(C)cc1.Cc1ccc(C)cc1.Cc1ccc(C)cc1.Cc1ccc(Cl)c(C(F)(F)F)c1.Cc1ccc(Cl)c(C)c1.Cc1ccc(Cl)c(Cl)c1.Cc1ccc(Cl)cc1. The van der Waals surface area contributed by atoms with Gasteiger partial charge in [0.25, 0.3) is 0 Å². The van der Waals surface area contributed by atoms with E-state index in [1.807, 2.05) is 160 Å². The molecule has 0 atom stereocenters. The number of nitrogens with zero attached hydrogens (tertiary/aromatic N) is 1. The van der Waals surface area contributed by atoms with Crippen molar-refractivity contribution >= 4 is 69.6 Å². The van der Waals surface area contributed by atoms with Crippen molar-refractivity contribution in [1.82, 2.24) is 0 Å². The zero-order valence-electron chi connectivity index (χ0n) is 75.1. The second-order valence-corrected chi connectivity index (χ2v) is 32.1. The van der Waals surface area contributed by atoms with Gasteiger partial charge in [-0.15, -0.1) is 0 Å². The number of halogens is 10. The van der Waals surface area contributed by atoms with Gasteiger partial charge in [0.2, 0.25) is 0 Å². The molecule has 0 unspecified atom stereocenters. The topological polar surface area (TPSA) is 42.2 Å². The Labute approximate surface area is 748 Å². The first-order valence-electron chi connectivity index (χ1n) is 39.4. The van der Waals surface area contributed by atoms with Gasteiger partial charge in [-0.3, -0.25) is 0 Å². The third-order valence-electron chi connectivity index (χ3n) is 17.5. The highest BCUT2D eigenvalue weighted by Gasteiger charge is 2.33. The van der Waals surface area contributed by atoms with Crippen molar-refractivity contribution in [2.75, 3.05) is 13.7 Å². The minimum absolute atomic E-state index is 0.116. The van der Waals surface area contributed by atoms with Gasteiger partial charge in [0, 0.05) is 15.1 Å². The van der Waals surface area contributed by atoms with Gasteiger partial charge >= 0.3 is 6.18 Å². The smallest absolute Gasteiger partial charge is 0.417 e. The third kappa shape index (κ3) is 48.6. The molecule has 0 heterocycles. The molecular weight excluding hydrogens is 1620 g/mol. The predicted molar refractivity (Wildman–Crippen MR) is 515 cm³/mol. The summed E-state index contributed by atoms with van der Waals surface area (Å²) in [7, 11) is 1.70. The predicted octanol–water partition coefficient (Wildman–Crippen LogP) is 34.7. The minimum atomic E-state index is -4.36. The van der Waals surface area contributed by atoms with Gasteiger partial charge in [0.05, 0.1) is 46.0 Å². The average molecular weight is 1740 g/mol. The Kier molecular flexibility index (Phi) is 52.7. The van der Waals surface area contributed by atoms with Crippen LogP contribution < -0.4 is 9.47 Å². The Bertz CT molecular complexity index is 4640. The summed E-state index contributed by atoms with van der Waals surface area (Å²) in [6.45, 7) is 51.2. The van der Waals surface area contributed by atoms with Crippen molar-refractivity contribution in [2.45, 2.75) is 179 Å². The summed E-state index contributed by atoms with van der Waals surface area (Å²) < 4.78 is 59.6. The second kappa shape index (κ2) is 58.4. The van der Waals surface area contributed by atoms with Gasteiger partial charge in [0.15, 0.2) is 0 Å². The molecule has 0 saturated heterocycles. The number of rotatable bonds is 3. The molecule has 0 aliphatic carbocycles. The molecule has 13 heteroatoms. The maximum absolute atomic E-state index is 12.6. The molecule has 0 spiro atoms. The summed E-state index contributed by atoms with van der Waals surface area (Å²) in [5, 5.41) is 12.1. The standard InChI is InChI=1S/C10H14O.C9H9N.C9H12O.C9H12.C8H6ClF3.2C8H9Cl.C8H9F.3C8H10.C7H6Cl2.C7H7Cl/c1-4-11-10-7-8(2)5-6-9(10)3;1-7-3-4-8(2)9(5-7)6-10;1-7-4-5-8(2)9(6-7)10-3;1-7-4-5-8(2)9(3)6-7;1-5-2-3-7(9)6(4-5)8(10,11)12;1-6-3-4-8(9)7(2)5-6;2*1-6-3-4-7(2)8(9)5-6;3*1-7-3-5-8(2)6-4-7;1-5-2-3-6(8)7(9)4-5;1-6-2-4-7(8)5-3-6/h5-7H,4H2,1-3H3;3-5H,1-2H3;4-6H,1-3H3;4-6H,1-3H3;2-4H,1H3;3*3-5H,1-2H3;3*3-6H,1-2H3;2-4H,1H3;2-5H,1H3. The number of alkyl halides is 3. The van der Waals surface area contributed by atoms with Gasteiger partial charge in [-0.1, -0.05) is 313 Å². The molecule has 0 fully saturated rings. The monoisotopic (exact) mass is 1740 g/mol. The summed E-state index contributed by atoms with van der Waals surface area (Å²) in [6, 6.07) is 86.8. The van der Waals surface area contributed by atoms with Crippen LogP contribution in [0.25, 0.3) is 0 Å². The van der Waals surface area contributed by atoms with Crippen LogP contribution in [0.5, 0.6) is 11.5 Å². The van der Waals surface area contributed by atoms with Crippen LogP contribution in [0.4, 0.5) is 17.6 Å². The number of benzene rings is 13. The van der Waals surface area contributed by atoms with Crippen molar-refractivity contribution in [3.05, 3.63) is 441 Å². The molecule has 0 saturated carbocycles. The van der Waals surface area contributed by atoms with E-state index in [2.05, 4.69) is 230 Å². The summed E-state index contributed by atoms with van der Waals surface area (Å²) >= 11 is 33.9. The number of hydrogen-bond acceptors (Lipinski definition) is 3. The van der Waals surface area contributed by atoms with E-state index in [-0.39, 0.29) is 10.8 Å². The minimum Gasteiger partial charge on any atom is -0.496 e. The Morgan fingerprint density at radius 3 is 0.850 bits per heavy atom. The van der Waals surface area contributed by atoms with E-state index >= 15 is 0 Å². The normalized spacial score (nSPS) is 9.69. The largest absolute Gasteiger partial charge is 0.496 e. The van der Waals surface area contributed by atoms with Gasteiger partial charge in [0.1, 0.15) is 17.3 Å². The van der Waals surface area contributed by atoms with E-state index in [1.165, 1.54) is 107 Å². The summed E-state index contributed by atoms with van der Waals surface area (Å²) in [5.41, 5.74) is 28.5. The molecule has 0 radical (unpaired) electrons. The molecule has 0 amide bonds. The molecule has 3 nitrogen and oxygen atoms in total. The van der Waals surface area contributed by atoms with Gasteiger partial charge in [-0.2, -0.15) is 18.4 Å². The van der Waals surface area contributed by atoms with E-state index < -0.39 is 11.7 Å². The molecule has 13 rings (SSSR count). The quantitative estimate of drug-likeness (QED) is 0.166. The molecule has 0 bridgehead atoms. The van der Waals surface area contributed by atoms with Crippen LogP contribution in [-0.2, 0) is 6.18 Å². The first-order chi connectivity index (χ1) is 56.3. The molecule has 0 aliphatic rings. The summed E-state index contributed by atoms with van der Waals surface area (Å²) in [5.74, 6) is 1.86. The summed E-state index contributed by atoms with van der Waals surface area (Å²) in [4.78, 5) is 0. The highest BCUT2D eigenvalue weighted by Crippen LogP contribution is 2.35. The van der Waals surface area contributed by atoms with Crippen LogP contribution in [0.15, 0.2) is 261 Å². The van der Waals surface area contributed by atoms with Crippen molar-refractivity contribution < 1.29 is 27.0 Å². The van der Waals surface area contributed by atoms with Crippen LogP contribution in [-0.4, -0.2) is 13.7 Å². The van der Waals surface area contributed by atoms with E-state index in [4.69, 9.17) is 84.3 Å². The fraction of sp³-hybridized carbons (Fsp3) is 0.262. The Morgan fingerprint density at radius 1 is 0.267 bits per heavy atom. The van der Waals surface area contributed by atoms with Crippen LogP contribution in [0, 0.1) is 183 Å². The molecule has 638 valence electrons. The van der Waals surface area contributed by atoms with Crippen LogP contribution in [0.1, 0.15) is 152 Å². The third-order valence-corrected chi connectivity index (χ3v) is 19.7. The van der Waals surface area contributed by atoms with Crippen molar-refractivity contribution in [2.24, 2.45) is 0 Å². The van der Waals surface area contributed by atoms with E-state index in [1.54, 1.807) is 33.1 Å². The molecule has 13 aromatic rings. The average Bonchev–Trinajstić information content (AvgIpc) is 0.829. The Morgan fingerprint density at radius 2 is 0.558 bits per heavy atom. The molecular formula is C107H123Cl6F4NO2. The number of ether oxygens (including phenoxy) is 2. The highest BCUT2D eigenvalue weighted by atomic mass is 35.5.